The van der Waals surface area contributed by atoms with Gasteiger partial charge in [0, 0.05) is 91.3 Å². The number of nitrogens with zero attached hydrogens (tertiary/aromatic N) is 5. The summed E-state index contributed by atoms with van der Waals surface area (Å²) in [5.74, 6) is -4.43. The molecule has 2 aromatic heterocycles. The van der Waals surface area contributed by atoms with Gasteiger partial charge in [-0.05, 0) is 98.3 Å². The number of ketones is 1. The van der Waals surface area contributed by atoms with Crippen molar-refractivity contribution in [2.75, 3.05) is 55.4 Å². The van der Waals surface area contributed by atoms with Crippen molar-refractivity contribution in [2.24, 2.45) is 5.41 Å². The number of aryl methyl sites for hydroxylation is 1. The highest BCUT2D eigenvalue weighted by atomic mass is 32.2. The topological polar surface area (TPSA) is 168 Å². The Bertz CT molecular complexity index is 2850. The van der Waals surface area contributed by atoms with E-state index in [0.717, 1.165) is 85.2 Å². The number of likely N-dealkylation sites (tertiary alicyclic amines) is 1. The Morgan fingerprint density at radius 2 is 1.77 bits per heavy atom. The molecular formula is C46H45F3N8O6S. The van der Waals surface area contributed by atoms with Crippen LogP contribution in [0, 0.1) is 17.0 Å². The molecule has 3 amide bonds. The van der Waals surface area contributed by atoms with Crippen LogP contribution in [0.25, 0.3) is 22.2 Å². The third-order valence-corrected chi connectivity index (χ3v) is 14.9. The Kier molecular flexibility index (Phi) is 10.6. The van der Waals surface area contributed by atoms with Crippen molar-refractivity contribution in [3.8, 4) is 11.1 Å². The van der Waals surface area contributed by atoms with Crippen molar-refractivity contribution in [1.29, 1.82) is 0 Å². The Morgan fingerprint density at radius 3 is 2.53 bits per heavy atom. The van der Waals surface area contributed by atoms with E-state index in [4.69, 9.17) is 0 Å². The van der Waals surface area contributed by atoms with Crippen LogP contribution in [-0.4, -0.2) is 114 Å². The first kappa shape index (κ1) is 41.9. The van der Waals surface area contributed by atoms with Crippen LogP contribution in [0.4, 0.5) is 24.5 Å². The Hall–Kier alpha value is -6.11. The summed E-state index contributed by atoms with van der Waals surface area (Å²) in [6.07, 6.45) is 5.17. The minimum absolute atomic E-state index is 0.00389. The summed E-state index contributed by atoms with van der Waals surface area (Å²) in [7, 11) is -4.35. The standard InChI is InChI=1S/C46H45F3N8O6S/c47-31-13-16-56(23-31)64(62,63)53-37-10-9-36(48)40(41(37)49)42(59)35-21-51-43-34(35)19-29(20-50-43)28-5-3-27(4-6-28)2-1-15-54-17-14-46(24-54)25-55(26-46)32-7-8-33-30(18-32)22-57(45(33)61)38-11-12-39(58)52-44(38)60/h3-10,18-21,31,38,53H,1-2,11-17,22-26H2,(H,50,51)(H,52,58,60)/t31-,38?/m1/s1. The average molecular weight is 895 g/mol. The van der Waals surface area contributed by atoms with Gasteiger partial charge in [-0.1, -0.05) is 24.3 Å². The number of alkyl halides is 1. The monoisotopic (exact) mass is 894 g/mol. The molecule has 3 N–H and O–H groups in total. The lowest BCUT2D eigenvalue weighted by Crippen LogP contribution is -2.57. The first-order chi connectivity index (χ1) is 30.7. The number of carbonyl (C=O) groups is 4. The number of aromatic amines is 1. The smallest absolute Gasteiger partial charge is 0.301 e. The lowest BCUT2D eigenvalue weighted by Gasteiger charge is -2.49. The van der Waals surface area contributed by atoms with E-state index < -0.39 is 57.0 Å². The van der Waals surface area contributed by atoms with E-state index in [1.807, 2.05) is 29.0 Å². The van der Waals surface area contributed by atoms with Crippen LogP contribution in [-0.2, 0) is 32.8 Å². The number of amides is 3. The number of aromatic nitrogens is 2. The number of benzene rings is 3. The molecule has 4 saturated heterocycles. The SMILES string of the molecule is O=C1CCC(N2Cc3cc(N4CC5(CCN(CCCc6ccc(-c7cnc8[nH]cc(C(=O)c9c(F)ccc(NS(=O)(=O)N%10CC[C@@H](F)C%10)c9F)c8c7)cc6)C5)C4)ccc3C2=O)C(=O)N1. The number of carbonyl (C=O) groups excluding carboxylic acids is 4. The summed E-state index contributed by atoms with van der Waals surface area (Å²) in [5.41, 5.74) is 4.25. The largest absolute Gasteiger partial charge is 0.370 e. The molecule has 3 aromatic carbocycles. The number of imide groups is 1. The first-order valence-corrected chi connectivity index (χ1v) is 22.9. The van der Waals surface area contributed by atoms with Crippen LogP contribution < -0.4 is 14.9 Å². The van der Waals surface area contributed by atoms with Gasteiger partial charge in [-0.25, -0.2) is 18.2 Å². The summed E-state index contributed by atoms with van der Waals surface area (Å²) in [6, 6.07) is 16.8. The normalized spacial score (nSPS) is 21.2. The summed E-state index contributed by atoms with van der Waals surface area (Å²) >= 11 is 0. The van der Waals surface area contributed by atoms with Crippen molar-refractivity contribution < 1.29 is 40.8 Å². The number of hydrogen-bond donors (Lipinski definition) is 3. The van der Waals surface area contributed by atoms with Crippen LogP contribution >= 0.6 is 0 Å². The quantitative estimate of drug-likeness (QED) is 0.111. The van der Waals surface area contributed by atoms with Gasteiger partial charge in [-0.15, -0.1) is 0 Å². The van der Waals surface area contributed by atoms with Crippen molar-refractivity contribution in [3.63, 3.8) is 0 Å². The number of rotatable bonds is 12. The molecule has 0 aliphatic carbocycles. The molecule has 2 atom stereocenters. The van der Waals surface area contributed by atoms with E-state index in [9.17, 15) is 32.0 Å². The van der Waals surface area contributed by atoms with Crippen molar-refractivity contribution in [2.45, 2.75) is 57.3 Å². The second-order valence-corrected chi connectivity index (χ2v) is 19.4. The maximum absolute atomic E-state index is 15.7. The zero-order valence-electron chi connectivity index (χ0n) is 34.7. The average Bonchev–Trinajstić information content (AvgIpc) is 4.07. The van der Waals surface area contributed by atoms with Gasteiger partial charge in [0.25, 0.3) is 5.91 Å². The van der Waals surface area contributed by atoms with Gasteiger partial charge in [0.15, 0.2) is 5.82 Å². The lowest BCUT2D eigenvalue weighted by atomic mass is 9.78. The van der Waals surface area contributed by atoms with Crippen molar-refractivity contribution in [1.82, 2.24) is 29.4 Å². The summed E-state index contributed by atoms with van der Waals surface area (Å²) in [6.45, 7) is 4.81. The molecule has 14 nitrogen and oxygen atoms in total. The number of hydrogen-bond acceptors (Lipinski definition) is 9. The zero-order chi connectivity index (χ0) is 44.5. The molecule has 1 spiro atoms. The van der Waals surface area contributed by atoms with E-state index in [2.05, 4.69) is 43.3 Å². The summed E-state index contributed by atoms with van der Waals surface area (Å²) in [4.78, 5) is 64.8. The predicted molar refractivity (Wildman–Crippen MR) is 231 cm³/mol. The zero-order valence-corrected chi connectivity index (χ0v) is 35.5. The van der Waals surface area contributed by atoms with Crippen LogP contribution in [0.3, 0.4) is 0 Å². The minimum atomic E-state index is -4.35. The fourth-order valence-electron chi connectivity index (χ4n) is 9.98. The van der Waals surface area contributed by atoms with Gasteiger partial charge in [0.1, 0.15) is 23.7 Å². The number of halogens is 3. The van der Waals surface area contributed by atoms with Gasteiger partial charge in [0.05, 0.1) is 11.3 Å². The lowest BCUT2D eigenvalue weighted by molar-refractivity contribution is -0.136. The molecule has 0 bridgehead atoms. The highest BCUT2D eigenvalue weighted by Crippen LogP contribution is 2.43. The highest BCUT2D eigenvalue weighted by Gasteiger charge is 2.48. The number of fused-ring (bicyclic) bond motifs is 2. The third kappa shape index (κ3) is 7.70. The van der Waals surface area contributed by atoms with Crippen LogP contribution in [0.15, 0.2) is 73.1 Å². The molecule has 0 saturated carbocycles. The molecule has 332 valence electrons. The van der Waals surface area contributed by atoms with Gasteiger partial charge >= 0.3 is 10.2 Å². The minimum Gasteiger partial charge on any atom is -0.370 e. The van der Waals surface area contributed by atoms with Crippen LogP contribution in [0.2, 0.25) is 0 Å². The van der Waals surface area contributed by atoms with Gasteiger partial charge in [0.2, 0.25) is 17.6 Å². The van der Waals surface area contributed by atoms with Crippen LogP contribution in [0.5, 0.6) is 0 Å². The third-order valence-electron chi connectivity index (χ3n) is 13.4. The number of pyridine rings is 1. The fourth-order valence-corrected chi connectivity index (χ4v) is 11.3. The number of anilines is 2. The van der Waals surface area contributed by atoms with E-state index >= 15 is 8.78 Å². The van der Waals surface area contributed by atoms with Crippen molar-refractivity contribution >= 4 is 56.1 Å². The van der Waals surface area contributed by atoms with E-state index in [0.29, 0.717) is 35.1 Å². The molecule has 0 radical (unpaired) electrons. The Morgan fingerprint density at radius 1 is 0.953 bits per heavy atom. The molecular weight excluding hydrogens is 850 g/mol. The molecule has 18 heteroatoms. The maximum Gasteiger partial charge on any atom is 0.301 e. The molecule has 10 rings (SSSR count). The van der Waals surface area contributed by atoms with Gasteiger partial charge in [-0.2, -0.15) is 12.7 Å². The van der Waals surface area contributed by atoms with E-state index in [-0.39, 0.29) is 48.7 Å². The molecule has 7 heterocycles. The van der Waals surface area contributed by atoms with Crippen molar-refractivity contribution in [3.05, 3.63) is 113 Å². The Labute approximate surface area is 367 Å². The van der Waals surface area contributed by atoms with Gasteiger partial charge < -0.3 is 19.7 Å². The number of H-pyrrole nitrogens is 1. The molecule has 5 aromatic rings. The number of piperidine rings is 1. The molecule has 5 aliphatic rings. The van der Waals surface area contributed by atoms with E-state index in [1.54, 1.807) is 17.2 Å². The highest BCUT2D eigenvalue weighted by molar-refractivity contribution is 7.90. The maximum atomic E-state index is 15.7. The molecule has 5 aliphatic heterocycles. The first-order valence-electron chi connectivity index (χ1n) is 21.5. The van der Waals surface area contributed by atoms with E-state index in [1.165, 1.54) is 11.8 Å². The fraction of sp³-hybridized carbons (Fsp3) is 0.370. The predicted octanol–water partition coefficient (Wildman–Crippen LogP) is 5.35. The second kappa shape index (κ2) is 16.2. The summed E-state index contributed by atoms with van der Waals surface area (Å²) < 4.78 is 73.0. The molecule has 4 fully saturated rings. The molecule has 1 unspecified atom stereocenters. The molecule has 64 heavy (non-hydrogen) atoms. The van der Waals surface area contributed by atoms with Gasteiger partial charge in [-0.3, -0.25) is 29.2 Å². The van der Waals surface area contributed by atoms with Crippen LogP contribution in [0.1, 0.15) is 69.5 Å². The second-order valence-electron chi connectivity index (χ2n) is 17.7. The number of nitrogens with one attached hydrogen (secondary N) is 3. The Balaban J connectivity index is 0.732. The summed E-state index contributed by atoms with van der Waals surface area (Å²) in [5, 5.41) is 2.69.